The van der Waals surface area contributed by atoms with Gasteiger partial charge in [-0.15, -0.1) is 6.58 Å². The van der Waals surface area contributed by atoms with E-state index in [0.717, 1.165) is 5.56 Å². The first-order valence-corrected chi connectivity index (χ1v) is 9.15. The van der Waals surface area contributed by atoms with E-state index in [2.05, 4.69) is 22.2 Å². The van der Waals surface area contributed by atoms with Crippen molar-refractivity contribution in [2.75, 3.05) is 18.4 Å². The molecule has 0 aliphatic rings. The Morgan fingerprint density at radius 1 is 1.20 bits per heavy atom. The summed E-state index contributed by atoms with van der Waals surface area (Å²) in [6.45, 7) is 4.56. The standard InChI is InChI=1S/C17H20N4O3S/c1-2-10-20-17(22)14-5-8-16(21-12-14)19-11-9-13-3-6-15(7-4-13)25(18,23)24/h2-8,12H,1,9-11H2,(H,19,21)(H,20,22)(H2,18,23,24). The van der Waals surface area contributed by atoms with Crippen molar-refractivity contribution in [3.8, 4) is 0 Å². The van der Waals surface area contributed by atoms with Crippen LogP contribution in [0.1, 0.15) is 15.9 Å². The summed E-state index contributed by atoms with van der Waals surface area (Å²) in [5.41, 5.74) is 1.45. The van der Waals surface area contributed by atoms with E-state index in [4.69, 9.17) is 5.14 Å². The first kappa shape index (κ1) is 18.6. The van der Waals surface area contributed by atoms with Gasteiger partial charge in [0.1, 0.15) is 5.82 Å². The molecule has 0 aliphatic carbocycles. The van der Waals surface area contributed by atoms with E-state index in [-0.39, 0.29) is 10.8 Å². The Labute approximate surface area is 147 Å². The molecule has 1 aromatic carbocycles. The summed E-state index contributed by atoms with van der Waals surface area (Å²) in [7, 11) is -3.66. The summed E-state index contributed by atoms with van der Waals surface area (Å²) in [6.07, 6.45) is 3.80. The second kappa shape index (κ2) is 8.41. The lowest BCUT2D eigenvalue weighted by Crippen LogP contribution is -2.23. The number of carbonyl (C=O) groups excluding carboxylic acids is 1. The lowest BCUT2D eigenvalue weighted by Gasteiger charge is -2.07. The van der Waals surface area contributed by atoms with Crippen molar-refractivity contribution in [1.29, 1.82) is 0 Å². The van der Waals surface area contributed by atoms with Crippen molar-refractivity contribution in [2.24, 2.45) is 5.14 Å². The monoisotopic (exact) mass is 360 g/mol. The van der Waals surface area contributed by atoms with E-state index >= 15 is 0 Å². The molecule has 1 aromatic heterocycles. The highest BCUT2D eigenvalue weighted by atomic mass is 32.2. The number of carbonyl (C=O) groups is 1. The van der Waals surface area contributed by atoms with Crippen LogP contribution in [0.15, 0.2) is 60.1 Å². The first-order valence-electron chi connectivity index (χ1n) is 7.61. The summed E-state index contributed by atoms with van der Waals surface area (Å²) < 4.78 is 22.4. The predicted molar refractivity (Wildman–Crippen MR) is 96.8 cm³/mol. The molecule has 0 spiro atoms. The van der Waals surface area contributed by atoms with E-state index in [1.165, 1.54) is 18.3 Å². The quantitative estimate of drug-likeness (QED) is 0.614. The number of primary sulfonamides is 1. The molecule has 132 valence electrons. The topological polar surface area (TPSA) is 114 Å². The highest BCUT2D eigenvalue weighted by Crippen LogP contribution is 2.10. The summed E-state index contributed by atoms with van der Waals surface area (Å²) in [5, 5.41) is 10.9. The van der Waals surface area contributed by atoms with E-state index in [1.54, 1.807) is 30.3 Å². The molecule has 2 rings (SSSR count). The van der Waals surface area contributed by atoms with E-state index in [9.17, 15) is 13.2 Å². The highest BCUT2D eigenvalue weighted by molar-refractivity contribution is 7.89. The van der Waals surface area contributed by atoms with Crippen LogP contribution in [0, 0.1) is 0 Å². The SMILES string of the molecule is C=CCNC(=O)c1ccc(NCCc2ccc(S(N)(=O)=O)cc2)nc1. The van der Waals surface area contributed by atoms with Crippen LogP contribution < -0.4 is 15.8 Å². The summed E-state index contributed by atoms with van der Waals surface area (Å²) in [6, 6.07) is 9.84. The van der Waals surface area contributed by atoms with Gasteiger partial charge < -0.3 is 10.6 Å². The Hall–Kier alpha value is -2.71. The largest absolute Gasteiger partial charge is 0.370 e. The molecule has 1 heterocycles. The maximum Gasteiger partial charge on any atom is 0.253 e. The molecule has 0 saturated heterocycles. The number of nitrogens with zero attached hydrogens (tertiary/aromatic N) is 1. The molecule has 8 heteroatoms. The van der Waals surface area contributed by atoms with Gasteiger partial charge in [0.15, 0.2) is 0 Å². The minimum atomic E-state index is -3.66. The van der Waals surface area contributed by atoms with Crippen molar-refractivity contribution in [2.45, 2.75) is 11.3 Å². The number of benzene rings is 1. The Morgan fingerprint density at radius 2 is 1.92 bits per heavy atom. The molecule has 0 bridgehead atoms. The Balaban J connectivity index is 1.85. The number of hydrogen-bond donors (Lipinski definition) is 3. The number of aromatic nitrogens is 1. The van der Waals surface area contributed by atoms with Gasteiger partial charge >= 0.3 is 0 Å². The molecule has 0 unspecified atom stereocenters. The van der Waals surface area contributed by atoms with Crippen molar-refractivity contribution >= 4 is 21.7 Å². The van der Waals surface area contributed by atoms with Crippen LogP contribution in [0.5, 0.6) is 0 Å². The van der Waals surface area contributed by atoms with Gasteiger partial charge in [-0.1, -0.05) is 18.2 Å². The fourth-order valence-corrected chi connectivity index (χ4v) is 2.60. The molecule has 2 aromatic rings. The maximum absolute atomic E-state index is 11.7. The number of pyridine rings is 1. The smallest absolute Gasteiger partial charge is 0.253 e. The number of nitrogens with one attached hydrogen (secondary N) is 2. The van der Waals surface area contributed by atoms with Crippen LogP contribution in [0.25, 0.3) is 0 Å². The third-order valence-electron chi connectivity index (χ3n) is 3.40. The van der Waals surface area contributed by atoms with E-state index in [0.29, 0.717) is 30.9 Å². The van der Waals surface area contributed by atoms with Crippen molar-refractivity contribution < 1.29 is 13.2 Å². The highest BCUT2D eigenvalue weighted by Gasteiger charge is 2.07. The molecule has 0 atom stereocenters. The van der Waals surface area contributed by atoms with Crippen molar-refractivity contribution in [3.63, 3.8) is 0 Å². The van der Waals surface area contributed by atoms with Crippen LogP contribution in [-0.2, 0) is 16.4 Å². The number of nitrogens with two attached hydrogens (primary N) is 1. The van der Waals surface area contributed by atoms with Gasteiger partial charge in [-0.05, 0) is 36.2 Å². The van der Waals surface area contributed by atoms with Gasteiger partial charge in [0, 0.05) is 19.3 Å². The fraction of sp³-hybridized carbons (Fsp3) is 0.176. The van der Waals surface area contributed by atoms with Crippen LogP contribution in [0.3, 0.4) is 0 Å². The normalized spacial score (nSPS) is 10.9. The zero-order valence-electron chi connectivity index (χ0n) is 13.6. The number of sulfonamides is 1. The van der Waals surface area contributed by atoms with Gasteiger partial charge in [-0.2, -0.15) is 0 Å². The Bertz CT molecular complexity index is 831. The summed E-state index contributed by atoms with van der Waals surface area (Å²) >= 11 is 0. The maximum atomic E-state index is 11.7. The molecule has 7 nitrogen and oxygen atoms in total. The first-order chi connectivity index (χ1) is 11.9. The third kappa shape index (κ3) is 5.70. The lowest BCUT2D eigenvalue weighted by atomic mass is 10.1. The summed E-state index contributed by atoms with van der Waals surface area (Å²) in [4.78, 5) is 16.0. The Morgan fingerprint density at radius 3 is 2.48 bits per heavy atom. The molecule has 4 N–H and O–H groups in total. The van der Waals surface area contributed by atoms with E-state index < -0.39 is 10.0 Å². The average Bonchev–Trinajstić information content (AvgIpc) is 2.60. The van der Waals surface area contributed by atoms with Crippen LogP contribution in [0.4, 0.5) is 5.82 Å². The van der Waals surface area contributed by atoms with Crippen LogP contribution >= 0.6 is 0 Å². The van der Waals surface area contributed by atoms with Crippen LogP contribution in [-0.4, -0.2) is 32.4 Å². The lowest BCUT2D eigenvalue weighted by molar-refractivity contribution is 0.0957. The molecule has 1 amide bonds. The second-order valence-corrected chi connectivity index (χ2v) is 6.86. The average molecular weight is 360 g/mol. The Kier molecular flexibility index (Phi) is 6.26. The third-order valence-corrected chi connectivity index (χ3v) is 4.33. The summed E-state index contributed by atoms with van der Waals surface area (Å²) in [5.74, 6) is 0.454. The molecule has 0 aliphatic heterocycles. The molecule has 25 heavy (non-hydrogen) atoms. The van der Waals surface area contributed by atoms with Gasteiger partial charge in [0.2, 0.25) is 10.0 Å². The number of amides is 1. The zero-order chi connectivity index (χ0) is 18.3. The second-order valence-electron chi connectivity index (χ2n) is 5.30. The molecular weight excluding hydrogens is 340 g/mol. The molecule has 0 saturated carbocycles. The predicted octanol–water partition coefficient (Wildman–Crippen LogP) is 1.30. The minimum absolute atomic E-state index is 0.0937. The van der Waals surface area contributed by atoms with Gasteiger partial charge in [0.25, 0.3) is 5.91 Å². The molecule has 0 fully saturated rings. The molecule has 0 radical (unpaired) electrons. The number of anilines is 1. The number of rotatable bonds is 8. The van der Waals surface area contributed by atoms with Crippen molar-refractivity contribution in [1.82, 2.24) is 10.3 Å². The molecular formula is C17H20N4O3S. The number of hydrogen-bond acceptors (Lipinski definition) is 5. The van der Waals surface area contributed by atoms with Gasteiger partial charge in [0.05, 0.1) is 10.5 Å². The van der Waals surface area contributed by atoms with Gasteiger partial charge in [-0.3, -0.25) is 4.79 Å². The van der Waals surface area contributed by atoms with Gasteiger partial charge in [-0.25, -0.2) is 18.5 Å². The minimum Gasteiger partial charge on any atom is -0.370 e. The zero-order valence-corrected chi connectivity index (χ0v) is 14.4. The van der Waals surface area contributed by atoms with Crippen LogP contribution in [0.2, 0.25) is 0 Å². The van der Waals surface area contributed by atoms with E-state index in [1.807, 2.05) is 0 Å². The van der Waals surface area contributed by atoms with Crippen molar-refractivity contribution in [3.05, 3.63) is 66.4 Å². The fourth-order valence-electron chi connectivity index (χ4n) is 2.08.